The van der Waals surface area contributed by atoms with E-state index in [4.69, 9.17) is 9.72 Å². The Labute approximate surface area is 205 Å². The first-order chi connectivity index (χ1) is 16.9. The number of hydrogen-bond acceptors (Lipinski definition) is 4. The Morgan fingerprint density at radius 3 is 2.57 bits per heavy atom. The van der Waals surface area contributed by atoms with E-state index in [1.807, 2.05) is 85.5 Å². The molecule has 6 nitrogen and oxygen atoms in total. The number of ether oxygens (including phenoxy) is 1. The molecule has 1 aliphatic rings. The van der Waals surface area contributed by atoms with E-state index in [2.05, 4.69) is 11.5 Å². The van der Waals surface area contributed by atoms with E-state index in [0.717, 1.165) is 39.4 Å². The van der Waals surface area contributed by atoms with Crippen molar-refractivity contribution < 1.29 is 14.6 Å². The van der Waals surface area contributed by atoms with Crippen molar-refractivity contribution in [1.82, 2.24) is 9.55 Å². The number of benzene rings is 3. The van der Waals surface area contributed by atoms with Gasteiger partial charge in [-0.2, -0.15) is 0 Å². The normalized spacial score (nSPS) is 16.7. The van der Waals surface area contributed by atoms with E-state index in [1.165, 1.54) is 5.56 Å². The number of aliphatic hydroxyl groups is 1. The van der Waals surface area contributed by atoms with Gasteiger partial charge < -0.3 is 19.3 Å². The molecule has 1 amide bonds. The zero-order chi connectivity index (χ0) is 24.5. The summed E-state index contributed by atoms with van der Waals surface area (Å²) in [6.07, 6.45) is -0.329. The lowest BCUT2D eigenvalue weighted by Crippen LogP contribution is -2.26. The molecule has 1 N–H and O–H groups in total. The lowest BCUT2D eigenvalue weighted by molar-refractivity contribution is -0.117. The standard InChI is InChI=1S/C29H31N3O3/c1-19-8-11-23(12-9-19)31-16-22(15-28(31)34)29-30-26-6-4-5-7-27(26)32(29)17-24(33)18-35-25-13-10-20(2)21(3)14-25/h4-14,22,24,33H,15-18H2,1-3H3/t22-,24-/m1/s1. The molecule has 2 atom stereocenters. The number of para-hydroxylation sites is 2. The highest BCUT2D eigenvalue weighted by molar-refractivity contribution is 5.96. The number of amides is 1. The van der Waals surface area contributed by atoms with Crippen molar-refractivity contribution in [2.45, 2.75) is 45.8 Å². The highest BCUT2D eigenvalue weighted by Crippen LogP contribution is 2.33. The smallest absolute Gasteiger partial charge is 0.227 e. The van der Waals surface area contributed by atoms with E-state index in [0.29, 0.717) is 19.5 Å². The van der Waals surface area contributed by atoms with Crippen LogP contribution in [0.4, 0.5) is 5.69 Å². The second-order valence-corrected chi connectivity index (χ2v) is 9.52. The molecule has 2 heterocycles. The van der Waals surface area contributed by atoms with Gasteiger partial charge in [-0.15, -0.1) is 0 Å². The largest absolute Gasteiger partial charge is 0.491 e. The number of hydrogen-bond donors (Lipinski definition) is 1. The molecule has 0 radical (unpaired) electrons. The minimum absolute atomic E-state index is 0.0518. The number of fused-ring (bicyclic) bond motifs is 1. The Balaban J connectivity index is 1.37. The number of imidazole rings is 1. The Bertz CT molecular complexity index is 1360. The maximum Gasteiger partial charge on any atom is 0.227 e. The van der Waals surface area contributed by atoms with Crippen molar-refractivity contribution in [2.75, 3.05) is 18.1 Å². The van der Waals surface area contributed by atoms with Crippen LogP contribution in [0.1, 0.15) is 34.9 Å². The monoisotopic (exact) mass is 469 g/mol. The summed E-state index contributed by atoms with van der Waals surface area (Å²) in [6, 6.07) is 21.9. The Morgan fingerprint density at radius 2 is 1.80 bits per heavy atom. The lowest BCUT2D eigenvalue weighted by Gasteiger charge is -2.19. The summed E-state index contributed by atoms with van der Waals surface area (Å²) in [4.78, 5) is 19.7. The van der Waals surface area contributed by atoms with Crippen LogP contribution in [0.2, 0.25) is 0 Å². The molecule has 5 rings (SSSR count). The fourth-order valence-corrected chi connectivity index (χ4v) is 4.71. The summed E-state index contributed by atoms with van der Waals surface area (Å²) in [5, 5.41) is 10.9. The van der Waals surface area contributed by atoms with E-state index in [1.54, 1.807) is 0 Å². The number of aliphatic hydroxyl groups excluding tert-OH is 1. The third-order valence-electron chi connectivity index (χ3n) is 6.83. The summed E-state index contributed by atoms with van der Waals surface area (Å²) in [5.41, 5.74) is 6.26. The van der Waals surface area contributed by atoms with E-state index in [-0.39, 0.29) is 18.4 Å². The quantitative estimate of drug-likeness (QED) is 0.417. The molecule has 35 heavy (non-hydrogen) atoms. The molecule has 1 fully saturated rings. The highest BCUT2D eigenvalue weighted by atomic mass is 16.5. The third-order valence-corrected chi connectivity index (χ3v) is 6.83. The van der Waals surface area contributed by atoms with Gasteiger partial charge in [0.25, 0.3) is 0 Å². The molecular weight excluding hydrogens is 438 g/mol. The van der Waals surface area contributed by atoms with Gasteiger partial charge in [0.05, 0.1) is 17.6 Å². The number of rotatable bonds is 7. The summed E-state index contributed by atoms with van der Waals surface area (Å²) < 4.78 is 7.94. The van der Waals surface area contributed by atoms with Crippen molar-refractivity contribution in [3.05, 3.63) is 89.2 Å². The molecule has 6 heteroatoms. The Morgan fingerprint density at radius 1 is 1.03 bits per heavy atom. The summed E-state index contributed by atoms with van der Waals surface area (Å²) in [7, 11) is 0. The van der Waals surface area contributed by atoms with Crippen LogP contribution in [0.5, 0.6) is 5.75 Å². The molecule has 3 aromatic carbocycles. The summed E-state index contributed by atoms with van der Waals surface area (Å²) in [6.45, 7) is 7.23. The van der Waals surface area contributed by atoms with Crippen molar-refractivity contribution in [2.24, 2.45) is 0 Å². The maximum absolute atomic E-state index is 12.9. The molecule has 0 aliphatic carbocycles. The highest BCUT2D eigenvalue weighted by Gasteiger charge is 2.35. The molecular formula is C29H31N3O3. The molecule has 1 saturated heterocycles. The fraction of sp³-hybridized carbons (Fsp3) is 0.310. The molecule has 0 saturated carbocycles. The molecule has 1 aliphatic heterocycles. The van der Waals surface area contributed by atoms with Crippen LogP contribution < -0.4 is 9.64 Å². The van der Waals surface area contributed by atoms with Crippen LogP contribution in [0.15, 0.2) is 66.7 Å². The molecule has 0 unspecified atom stereocenters. The van der Waals surface area contributed by atoms with Crippen molar-refractivity contribution in [3.8, 4) is 5.75 Å². The van der Waals surface area contributed by atoms with E-state index >= 15 is 0 Å². The lowest BCUT2D eigenvalue weighted by atomic mass is 10.1. The van der Waals surface area contributed by atoms with Gasteiger partial charge in [-0.3, -0.25) is 4.79 Å². The zero-order valence-electron chi connectivity index (χ0n) is 20.4. The van der Waals surface area contributed by atoms with Gasteiger partial charge in [0.1, 0.15) is 24.3 Å². The minimum Gasteiger partial charge on any atom is -0.491 e. The van der Waals surface area contributed by atoms with Crippen molar-refractivity contribution >= 4 is 22.6 Å². The first-order valence-corrected chi connectivity index (χ1v) is 12.1. The van der Waals surface area contributed by atoms with Gasteiger partial charge in [0, 0.05) is 24.6 Å². The first kappa shape index (κ1) is 23.1. The summed E-state index contributed by atoms with van der Waals surface area (Å²) >= 11 is 0. The maximum atomic E-state index is 12.9. The molecule has 1 aromatic heterocycles. The predicted molar refractivity (Wildman–Crippen MR) is 138 cm³/mol. The van der Waals surface area contributed by atoms with E-state index < -0.39 is 6.10 Å². The number of aromatic nitrogens is 2. The Kier molecular flexibility index (Phi) is 6.31. The zero-order valence-corrected chi connectivity index (χ0v) is 20.4. The first-order valence-electron chi connectivity index (χ1n) is 12.1. The van der Waals surface area contributed by atoms with Crippen molar-refractivity contribution in [1.29, 1.82) is 0 Å². The molecule has 0 spiro atoms. The number of carbonyl (C=O) groups is 1. The summed E-state index contributed by atoms with van der Waals surface area (Å²) in [5.74, 6) is 1.62. The van der Waals surface area contributed by atoms with Crippen LogP contribution in [0.3, 0.4) is 0 Å². The SMILES string of the molecule is Cc1ccc(N2C[C@H](c3nc4ccccc4n3C[C@@H](O)COc3ccc(C)c(C)c3)CC2=O)cc1. The van der Waals surface area contributed by atoms with Crippen LogP contribution >= 0.6 is 0 Å². The van der Waals surface area contributed by atoms with Crippen LogP contribution in [-0.4, -0.2) is 39.8 Å². The fourth-order valence-electron chi connectivity index (χ4n) is 4.71. The number of carbonyl (C=O) groups excluding carboxylic acids is 1. The van der Waals surface area contributed by atoms with Crippen LogP contribution in [0, 0.1) is 20.8 Å². The second kappa shape index (κ2) is 9.55. The average Bonchev–Trinajstić information content (AvgIpc) is 3.41. The van der Waals surface area contributed by atoms with Crippen molar-refractivity contribution in [3.63, 3.8) is 0 Å². The number of aryl methyl sites for hydroxylation is 3. The third kappa shape index (κ3) is 4.80. The number of anilines is 1. The van der Waals surface area contributed by atoms with Gasteiger partial charge in [0.2, 0.25) is 5.91 Å². The van der Waals surface area contributed by atoms with Crippen LogP contribution in [0.25, 0.3) is 11.0 Å². The van der Waals surface area contributed by atoms with E-state index in [9.17, 15) is 9.90 Å². The average molecular weight is 470 g/mol. The van der Waals surface area contributed by atoms with Gasteiger partial charge in [0.15, 0.2) is 0 Å². The topological polar surface area (TPSA) is 67.6 Å². The van der Waals surface area contributed by atoms with Gasteiger partial charge in [-0.25, -0.2) is 4.98 Å². The second-order valence-electron chi connectivity index (χ2n) is 9.52. The molecule has 0 bridgehead atoms. The van der Waals surface area contributed by atoms with Crippen LogP contribution in [-0.2, 0) is 11.3 Å². The minimum atomic E-state index is -0.724. The molecule has 4 aromatic rings. The van der Waals surface area contributed by atoms with Gasteiger partial charge in [-0.05, 0) is 68.3 Å². The molecule has 180 valence electrons. The van der Waals surface area contributed by atoms with Gasteiger partial charge >= 0.3 is 0 Å². The Hall–Kier alpha value is -3.64. The number of nitrogens with zero attached hydrogens (tertiary/aromatic N) is 3. The predicted octanol–water partition coefficient (Wildman–Crippen LogP) is 4.92. The van der Waals surface area contributed by atoms with Gasteiger partial charge in [-0.1, -0.05) is 35.9 Å².